The fraction of sp³-hybridized carbons (Fsp3) is 0.235. The fourth-order valence-electron chi connectivity index (χ4n) is 2.22. The quantitative estimate of drug-likeness (QED) is 0.572. The first-order valence-corrected chi connectivity index (χ1v) is 8.96. The van der Waals surface area contributed by atoms with E-state index in [1.165, 1.54) is 32.1 Å². The number of fused-ring (bicyclic) bond motifs is 2. The topological polar surface area (TPSA) is 26.3 Å². The van der Waals surface area contributed by atoms with Gasteiger partial charge in [0.05, 0.1) is 6.61 Å². The number of carbonyl (C=O) groups excluding carboxylic acids is 1. The number of rotatable bonds is 3. The molecule has 0 radical (unpaired) electrons. The second kappa shape index (κ2) is 6.57. The molecule has 5 heteroatoms. The largest absolute Gasteiger partial charge is 0.465 e. The van der Waals surface area contributed by atoms with Crippen LogP contribution in [0, 0.1) is 0 Å². The molecule has 1 atom stereocenters. The number of esters is 1. The van der Waals surface area contributed by atoms with E-state index >= 15 is 0 Å². The third-order valence-electron chi connectivity index (χ3n) is 3.42. The van der Waals surface area contributed by atoms with Crippen molar-refractivity contribution in [3.05, 3.63) is 47.0 Å². The van der Waals surface area contributed by atoms with Crippen molar-refractivity contribution >= 4 is 41.1 Å². The van der Waals surface area contributed by atoms with Gasteiger partial charge in [0.15, 0.2) is 0 Å². The van der Waals surface area contributed by atoms with Crippen molar-refractivity contribution in [3.63, 3.8) is 0 Å². The van der Waals surface area contributed by atoms with Gasteiger partial charge in [-0.3, -0.25) is 4.79 Å². The van der Waals surface area contributed by atoms with E-state index in [2.05, 4.69) is 31.2 Å². The summed E-state index contributed by atoms with van der Waals surface area (Å²) in [5, 5.41) is 0.766. The molecule has 0 fully saturated rings. The highest BCUT2D eigenvalue weighted by atomic mass is 35.5. The van der Waals surface area contributed by atoms with Gasteiger partial charge in [0.2, 0.25) is 0 Å². The highest BCUT2D eigenvalue weighted by molar-refractivity contribution is 8.05. The minimum Gasteiger partial charge on any atom is -0.465 e. The summed E-state index contributed by atoms with van der Waals surface area (Å²) in [5.74, 6) is -0.0491. The van der Waals surface area contributed by atoms with Crippen LogP contribution in [-0.4, -0.2) is 12.6 Å². The maximum absolute atomic E-state index is 10.9. The Balaban J connectivity index is 1.82. The Bertz CT molecular complexity index is 731. The van der Waals surface area contributed by atoms with Crippen molar-refractivity contribution in [1.29, 1.82) is 0 Å². The average Bonchev–Trinajstić information content (AvgIpc) is 2.50. The summed E-state index contributed by atoms with van der Waals surface area (Å²) >= 11 is 9.57. The molecule has 2 aromatic carbocycles. The van der Waals surface area contributed by atoms with E-state index in [9.17, 15) is 4.79 Å². The molecular weight excluding hydrogens is 336 g/mol. The minimum absolute atomic E-state index is 0.186. The number of ether oxygens (including phenoxy) is 1. The first kappa shape index (κ1) is 15.8. The van der Waals surface area contributed by atoms with E-state index < -0.39 is 0 Å². The molecule has 0 spiro atoms. The predicted octanol–water partition coefficient (Wildman–Crippen LogP) is 5.62. The van der Waals surface area contributed by atoms with E-state index in [-0.39, 0.29) is 11.9 Å². The van der Waals surface area contributed by atoms with Crippen molar-refractivity contribution < 1.29 is 9.53 Å². The van der Waals surface area contributed by atoms with Gasteiger partial charge in [0.1, 0.15) is 0 Å². The Morgan fingerprint density at radius 3 is 2.41 bits per heavy atom. The van der Waals surface area contributed by atoms with E-state index in [0.29, 0.717) is 6.61 Å². The molecule has 0 bridgehead atoms. The number of benzene rings is 2. The molecule has 0 amide bonds. The molecule has 3 rings (SSSR count). The Morgan fingerprint density at radius 1 is 1.09 bits per heavy atom. The summed E-state index contributed by atoms with van der Waals surface area (Å²) in [6, 6.07) is 12.4. The van der Waals surface area contributed by atoms with E-state index in [1.807, 2.05) is 12.1 Å². The van der Waals surface area contributed by atoms with Crippen molar-refractivity contribution in [2.75, 3.05) is 6.61 Å². The summed E-state index contributed by atoms with van der Waals surface area (Å²) in [6.07, 6.45) is 0. The standard InChI is InChI=1S/C17H15ClO2S2/c1-10(9-20-11(2)19)12-3-5-14-16(7-12)21-15-6-4-13(18)8-17(15)22-14/h3-8,10H,9H2,1-2H3. The maximum atomic E-state index is 10.9. The molecule has 22 heavy (non-hydrogen) atoms. The summed E-state index contributed by atoms with van der Waals surface area (Å²) in [6.45, 7) is 3.92. The molecule has 1 heterocycles. The number of hydrogen-bond donors (Lipinski definition) is 0. The first-order chi connectivity index (χ1) is 10.5. The van der Waals surface area contributed by atoms with Crippen molar-refractivity contribution in [3.8, 4) is 0 Å². The molecule has 0 aromatic heterocycles. The molecule has 1 aliphatic rings. The Morgan fingerprint density at radius 2 is 1.73 bits per heavy atom. The smallest absolute Gasteiger partial charge is 0.302 e. The third-order valence-corrected chi connectivity index (χ3v) is 6.18. The highest BCUT2D eigenvalue weighted by Gasteiger charge is 2.19. The van der Waals surface area contributed by atoms with Gasteiger partial charge in [0, 0.05) is 37.4 Å². The maximum Gasteiger partial charge on any atom is 0.302 e. The van der Waals surface area contributed by atoms with Gasteiger partial charge in [0.25, 0.3) is 0 Å². The van der Waals surface area contributed by atoms with Crippen LogP contribution in [0.2, 0.25) is 5.02 Å². The zero-order chi connectivity index (χ0) is 15.7. The lowest BCUT2D eigenvalue weighted by Gasteiger charge is -2.20. The van der Waals surface area contributed by atoms with E-state index in [0.717, 1.165) is 5.02 Å². The van der Waals surface area contributed by atoms with Gasteiger partial charge in [-0.1, -0.05) is 48.1 Å². The van der Waals surface area contributed by atoms with Crippen LogP contribution in [0.15, 0.2) is 56.0 Å². The van der Waals surface area contributed by atoms with Crippen LogP contribution >= 0.6 is 35.1 Å². The van der Waals surface area contributed by atoms with Gasteiger partial charge in [-0.15, -0.1) is 0 Å². The second-order valence-electron chi connectivity index (χ2n) is 5.20. The Labute approximate surface area is 143 Å². The number of hydrogen-bond acceptors (Lipinski definition) is 4. The van der Waals surface area contributed by atoms with Crippen LogP contribution in [0.5, 0.6) is 0 Å². The van der Waals surface area contributed by atoms with Crippen LogP contribution in [0.4, 0.5) is 0 Å². The van der Waals surface area contributed by atoms with E-state index in [1.54, 1.807) is 23.5 Å². The van der Waals surface area contributed by atoms with Gasteiger partial charge in [-0.25, -0.2) is 0 Å². The van der Waals surface area contributed by atoms with Gasteiger partial charge in [-0.2, -0.15) is 0 Å². The average molecular weight is 351 g/mol. The number of carbonyl (C=O) groups is 1. The normalized spacial score (nSPS) is 14.0. The van der Waals surface area contributed by atoms with Gasteiger partial charge in [-0.05, 0) is 35.9 Å². The molecule has 2 aromatic rings. The summed E-state index contributed by atoms with van der Waals surface area (Å²) < 4.78 is 5.11. The summed E-state index contributed by atoms with van der Waals surface area (Å²) in [5.41, 5.74) is 1.19. The monoisotopic (exact) mass is 350 g/mol. The molecule has 114 valence electrons. The molecule has 0 aliphatic carbocycles. The van der Waals surface area contributed by atoms with Crippen molar-refractivity contribution in [2.45, 2.75) is 39.3 Å². The molecule has 0 saturated heterocycles. The lowest BCUT2D eigenvalue weighted by molar-refractivity contribution is -0.141. The lowest BCUT2D eigenvalue weighted by Crippen LogP contribution is -2.08. The van der Waals surface area contributed by atoms with Crippen LogP contribution in [0.3, 0.4) is 0 Å². The van der Waals surface area contributed by atoms with Crippen LogP contribution < -0.4 is 0 Å². The van der Waals surface area contributed by atoms with Crippen LogP contribution in [0.25, 0.3) is 0 Å². The summed E-state index contributed by atoms with van der Waals surface area (Å²) in [4.78, 5) is 15.8. The zero-order valence-corrected chi connectivity index (χ0v) is 14.6. The first-order valence-electron chi connectivity index (χ1n) is 6.95. The minimum atomic E-state index is -0.236. The summed E-state index contributed by atoms with van der Waals surface area (Å²) in [7, 11) is 0. The molecule has 0 saturated carbocycles. The lowest BCUT2D eigenvalue weighted by atomic mass is 10.0. The third kappa shape index (κ3) is 3.45. The predicted molar refractivity (Wildman–Crippen MR) is 91.2 cm³/mol. The highest BCUT2D eigenvalue weighted by Crippen LogP contribution is 2.49. The van der Waals surface area contributed by atoms with Crippen LogP contribution in [0.1, 0.15) is 25.3 Å². The van der Waals surface area contributed by atoms with Crippen LogP contribution in [-0.2, 0) is 9.53 Å². The van der Waals surface area contributed by atoms with Gasteiger partial charge < -0.3 is 4.74 Å². The zero-order valence-electron chi connectivity index (χ0n) is 12.3. The number of halogens is 1. The van der Waals surface area contributed by atoms with Gasteiger partial charge >= 0.3 is 5.97 Å². The molecular formula is C17H15ClO2S2. The Kier molecular flexibility index (Phi) is 4.71. The Hall–Kier alpha value is -1.10. The fourth-order valence-corrected chi connectivity index (χ4v) is 4.74. The van der Waals surface area contributed by atoms with Crippen molar-refractivity contribution in [2.24, 2.45) is 0 Å². The van der Waals surface area contributed by atoms with Crippen molar-refractivity contribution in [1.82, 2.24) is 0 Å². The molecule has 2 nitrogen and oxygen atoms in total. The second-order valence-corrected chi connectivity index (χ2v) is 7.81. The molecule has 1 unspecified atom stereocenters. The SMILES string of the molecule is CC(=O)OCC(C)c1ccc2c(c1)Sc1ccc(Cl)cc1S2. The molecule has 0 N–H and O–H groups in total. The van der Waals surface area contributed by atoms with E-state index in [4.69, 9.17) is 16.3 Å². The molecule has 1 aliphatic heterocycles.